The van der Waals surface area contributed by atoms with Crippen LogP contribution in [0.2, 0.25) is 0 Å². The molecule has 0 spiro atoms. The first-order valence-electron chi connectivity index (χ1n) is 40.7. The van der Waals surface area contributed by atoms with Crippen LogP contribution in [0.1, 0.15) is 402 Å². The molecule has 0 saturated carbocycles. The average molecular weight is 1440 g/mol. The Morgan fingerprint density at radius 3 is 0.633 bits per heavy atom. The Kier molecular flexibility index (Phi) is 66.8. The van der Waals surface area contributed by atoms with Gasteiger partial charge in [-0.25, -0.2) is 9.13 Å². The lowest BCUT2D eigenvalue weighted by Crippen LogP contribution is -2.30. The lowest BCUT2D eigenvalue weighted by Gasteiger charge is -2.21. The van der Waals surface area contributed by atoms with Gasteiger partial charge in [0.15, 0.2) is 12.2 Å². The first-order chi connectivity index (χ1) is 47.1. The summed E-state index contributed by atoms with van der Waals surface area (Å²) >= 11 is 0. The smallest absolute Gasteiger partial charge is 0.462 e. The van der Waals surface area contributed by atoms with Crippen LogP contribution >= 0.6 is 15.6 Å². The number of rotatable bonds is 76. The molecule has 3 N–H and O–H groups in total. The van der Waals surface area contributed by atoms with E-state index in [2.05, 4.69) is 55.4 Å². The van der Waals surface area contributed by atoms with Crippen molar-refractivity contribution in [2.75, 3.05) is 39.6 Å². The molecule has 0 rings (SSSR count). The van der Waals surface area contributed by atoms with E-state index in [-0.39, 0.29) is 25.7 Å². The highest BCUT2D eigenvalue weighted by atomic mass is 31.2. The van der Waals surface area contributed by atoms with E-state index >= 15 is 0 Å². The summed E-state index contributed by atoms with van der Waals surface area (Å²) in [4.78, 5) is 73.0. The van der Waals surface area contributed by atoms with Crippen LogP contribution in [0.25, 0.3) is 0 Å². The minimum atomic E-state index is -4.96. The van der Waals surface area contributed by atoms with Crippen LogP contribution in [0, 0.1) is 23.7 Å². The van der Waals surface area contributed by atoms with Gasteiger partial charge in [-0.2, -0.15) is 0 Å². The van der Waals surface area contributed by atoms with E-state index in [4.69, 9.17) is 37.0 Å². The van der Waals surface area contributed by atoms with Crippen molar-refractivity contribution in [3.8, 4) is 0 Å². The number of carbonyl (C=O) groups is 4. The zero-order valence-electron chi connectivity index (χ0n) is 64.4. The lowest BCUT2D eigenvalue weighted by atomic mass is 10.0. The fraction of sp³-hybridized carbons (Fsp3) is 0.949. The molecule has 0 saturated heterocycles. The van der Waals surface area contributed by atoms with Gasteiger partial charge in [0.2, 0.25) is 0 Å². The van der Waals surface area contributed by atoms with E-state index in [0.717, 1.165) is 114 Å². The fourth-order valence-electron chi connectivity index (χ4n) is 12.1. The maximum absolute atomic E-state index is 13.1. The summed E-state index contributed by atoms with van der Waals surface area (Å²) in [6.07, 6.45) is 54.1. The normalized spacial score (nSPS) is 14.1. The van der Waals surface area contributed by atoms with E-state index in [1.807, 2.05) is 0 Å². The first-order valence-corrected chi connectivity index (χ1v) is 43.7. The van der Waals surface area contributed by atoms with Gasteiger partial charge in [-0.1, -0.05) is 351 Å². The van der Waals surface area contributed by atoms with Gasteiger partial charge in [0.25, 0.3) is 0 Å². The standard InChI is InChI=1S/C79H154O17P2/c1-69(2)55-47-39-31-23-17-13-9-11-15-19-27-35-43-51-59-76(81)89-65-74(95-78(83)61-53-45-37-28-20-16-12-10-14-18-24-32-40-48-56-70(3)4)67-93-97(85,86)91-63-73(80)64-92-98(87,88)94-68-75(96-79(84)62-54-46-38-30-22-26-34-42-50-58-72(7)8)66-90-77(82)60-52-44-36-29-21-25-33-41-49-57-71(5)6/h69-75,80H,9-68H2,1-8H3,(H,85,86)(H,87,88)/t73-,74-,75-/m1/s1. The van der Waals surface area contributed by atoms with E-state index in [9.17, 15) is 43.2 Å². The molecule has 2 unspecified atom stereocenters. The molecular formula is C79H154O17P2. The summed E-state index contributed by atoms with van der Waals surface area (Å²) in [5, 5.41) is 10.6. The van der Waals surface area contributed by atoms with Crippen molar-refractivity contribution in [1.29, 1.82) is 0 Å². The molecule has 0 fully saturated rings. The van der Waals surface area contributed by atoms with Gasteiger partial charge in [-0.3, -0.25) is 37.3 Å². The predicted molar refractivity (Wildman–Crippen MR) is 400 cm³/mol. The second kappa shape index (κ2) is 68.2. The Morgan fingerprint density at radius 1 is 0.255 bits per heavy atom. The lowest BCUT2D eigenvalue weighted by molar-refractivity contribution is -0.161. The van der Waals surface area contributed by atoms with Crippen LogP contribution in [-0.4, -0.2) is 96.7 Å². The zero-order chi connectivity index (χ0) is 72.4. The summed E-state index contributed by atoms with van der Waals surface area (Å²) in [5.74, 6) is 0.958. The average Bonchev–Trinajstić information content (AvgIpc) is 1.79. The van der Waals surface area contributed by atoms with E-state index in [0.29, 0.717) is 25.7 Å². The molecule has 0 amide bonds. The predicted octanol–water partition coefficient (Wildman–Crippen LogP) is 23.2. The van der Waals surface area contributed by atoms with Crippen LogP contribution in [0.5, 0.6) is 0 Å². The van der Waals surface area contributed by atoms with Crippen LogP contribution in [0.4, 0.5) is 0 Å². The number of phosphoric acid groups is 2. The summed E-state index contributed by atoms with van der Waals surface area (Å²) in [6.45, 7) is 14.2. The van der Waals surface area contributed by atoms with Gasteiger partial charge in [0.1, 0.15) is 19.3 Å². The number of hydrogen-bond donors (Lipinski definition) is 3. The molecule has 0 heterocycles. The van der Waals surface area contributed by atoms with Gasteiger partial charge in [-0.05, 0) is 49.4 Å². The fourth-order valence-corrected chi connectivity index (χ4v) is 13.7. The third-order valence-electron chi connectivity index (χ3n) is 18.3. The number of hydrogen-bond acceptors (Lipinski definition) is 15. The number of phosphoric ester groups is 2. The topological polar surface area (TPSA) is 237 Å². The third-order valence-corrected chi connectivity index (χ3v) is 20.2. The zero-order valence-corrected chi connectivity index (χ0v) is 66.2. The Bertz CT molecular complexity index is 1920. The third kappa shape index (κ3) is 72.4. The van der Waals surface area contributed by atoms with Gasteiger partial charge < -0.3 is 33.8 Å². The van der Waals surface area contributed by atoms with Gasteiger partial charge in [-0.15, -0.1) is 0 Å². The molecular weight excluding hydrogens is 1280 g/mol. The molecule has 582 valence electrons. The molecule has 0 aromatic rings. The highest BCUT2D eigenvalue weighted by Gasteiger charge is 2.30. The van der Waals surface area contributed by atoms with Gasteiger partial charge in [0.05, 0.1) is 26.4 Å². The summed E-state index contributed by atoms with van der Waals surface area (Å²) < 4.78 is 68.7. The molecule has 17 nitrogen and oxygen atoms in total. The Labute approximate surface area is 600 Å². The molecule has 19 heteroatoms. The largest absolute Gasteiger partial charge is 0.472 e. The van der Waals surface area contributed by atoms with Crippen molar-refractivity contribution in [2.45, 2.75) is 420 Å². The highest BCUT2D eigenvalue weighted by Crippen LogP contribution is 2.45. The minimum absolute atomic E-state index is 0.105. The first kappa shape index (κ1) is 96.1. The van der Waals surface area contributed by atoms with Gasteiger partial charge >= 0.3 is 39.5 Å². The molecule has 0 aromatic heterocycles. The van der Waals surface area contributed by atoms with E-state index in [1.165, 1.54) is 205 Å². The number of unbranched alkanes of at least 4 members (excludes halogenated alkanes) is 42. The Balaban J connectivity index is 5.26. The van der Waals surface area contributed by atoms with Crippen molar-refractivity contribution in [3.05, 3.63) is 0 Å². The van der Waals surface area contributed by atoms with Crippen molar-refractivity contribution >= 4 is 39.5 Å². The van der Waals surface area contributed by atoms with E-state index in [1.54, 1.807) is 0 Å². The molecule has 0 aliphatic rings. The number of carbonyl (C=O) groups excluding carboxylic acids is 4. The summed E-state index contributed by atoms with van der Waals surface area (Å²) in [5.41, 5.74) is 0. The Morgan fingerprint density at radius 2 is 0.429 bits per heavy atom. The van der Waals surface area contributed by atoms with Crippen molar-refractivity contribution in [1.82, 2.24) is 0 Å². The van der Waals surface area contributed by atoms with Crippen LogP contribution < -0.4 is 0 Å². The molecule has 98 heavy (non-hydrogen) atoms. The van der Waals surface area contributed by atoms with Crippen molar-refractivity contribution < 1.29 is 80.2 Å². The maximum atomic E-state index is 13.1. The van der Waals surface area contributed by atoms with E-state index < -0.39 is 97.5 Å². The highest BCUT2D eigenvalue weighted by molar-refractivity contribution is 7.47. The minimum Gasteiger partial charge on any atom is -0.462 e. The molecule has 0 radical (unpaired) electrons. The SMILES string of the molecule is CC(C)CCCCCCCCCCCCCCCCC(=O)OC[C@H](COP(=O)(O)OC[C@@H](O)COP(=O)(O)OC[C@@H](COC(=O)CCCCCCCCCCCC(C)C)OC(=O)CCCCCCCCCCCC(C)C)OC(=O)CCCCCCCCCCCCCCCCC(C)C. The van der Waals surface area contributed by atoms with Crippen molar-refractivity contribution in [2.24, 2.45) is 23.7 Å². The second-order valence-electron chi connectivity index (χ2n) is 30.4. The summed E-state index contributed by atoms with van der Waals surface area (Å²) in [6, 6.07) is 0. The number of esters is 4. The molecule has 0 aromatic carbocycles. The molecule has 0 bridgehead atoms. The van der Waals surface area contributed by atoms with Crippen LogP contribution in [0.15, 0.2) is 0 Å². The molecule has 5 atom stereocenters. The second-order valence-corrected chi connectivity index (χ2v) is 33.3. The monoisotopic (exact) mass is 1440 g/mol. The summed E-state index contributed by atoms with van der Waals surface area (Å²) in [7, 11) is -9.92. The van der Waals surface area contributed by atoms with Crippen LogP contribution in [0.3, 0.4) is 0 Å². The number of ether oxygens (including phenoxy) is 4. The van der Waals surface area contributed by atoms with Gasteiger partial charge in [0, 0.05) is 25.7 Å². The molecule has 0 aliphatic heterocycles. The van der Waals surface area contributed by atoms with Crippen LogP contribution in [-0.2, 0) is 65.4 Å². The van der Waals surface area contributed by atoms with Crippen molar-refractivity contribution in [3.63, 3.8) is 0 Å². The quantitative estimate of drug-likeness (QED) is 0.0222. The molecule has 0 aliphatic carbocycles. The number of aliphatic hydroxyl groups excluding tert-OH is 1. The Hall–Kier alpha value is -1.94. The maximum Gasteiger partial charge on any atom is 0.472 e. The number of aliphatic hydroxyl groups is 1.